The van der Waals surface area contributed by atoms with Gasteiger partial charge in [0.05, 0.1) is 0 Å². The first-order chi connectivity index (χ1) is 7.63. The third-order valence-corrected chi connectivity index (χ3v) is 5.14. The second-order valence-corrected chi connectivity index (χ2v) is 6.39. The van der Waals surface area contributed by atoms with Crippen molar-refractivity contribution in [3.05, 3.63) is 0 Å². The quantitative estimate of drug-likeness (QED) is 0.793. The van der Waals surface area contributed by atoms with Crippen molar-refractivity contribution in [3.63, 3.8) is 0 Å². The Bertz CT molecular complexity index is 258. The number of carbonyl (C=O) groups is 1. The van der Waals surface area contributed by atoms with E-state index in [1.54, 1.807) is 0 Å². The van der Waals surface area contributed by atoms with Crippen LogP contribution in [0.5, 0.6) is 0 Å². The number of amides is 1. The Morgan fingerprint density at radius 2 is 2.12 bits per heavy atom. The molecule has 0 aromatic carbocycles. The van der Waals surface area contributed by atoms with Gasteiger partial charge in [-0.3, -0.25) is 4.79 Å². The van der Waals surface area contributed by atoms with E-state index < -0.39 is 0 Å². The van der Waals surface area contributed by atoms with Gasteiger partial charge in [-0.15, -0.1) is 0 Å². The molecule has 2 fully saturated rings. The van der Waals surface area contributed by atoms with E-state index in [9.17, 15) is 4.79 Å². The largest absolute Gasteiger partial charge is 0.341 e. The van der Waals surface area contributed by atoms with Crippen LogP contribution in [-0.4, -0.2) is 48.5 Å². The van der Waals surface area contributed by atoms with Gasteiger partial charge in [0.1, 0.15) is 0 Å². The molecule has 0 aliphatic carbocycles. The molecule has 2 rings (SSSR count). The molecule has 1 atom stereocenters. The Hall–Kier alpha value is -0.220. The second-order valence-electron chi connectivity index (χ2n) is 5.24. The van der Waals surface area contributed by atoms with Crippen LogP contribution in [0.15, 0.2) is 0 Å². The smallest absolute Gasteiger partial charge is 0.228 e. The van der Waals surface area contributed by atoms with Crippen LogP contribution in [0.3, 0.4) is 0 Å². The van der Waals surface area contributed by atoms with Crippen LogP contribution in [-0.2, 0) is 4.79 Å². The van der Waals surface area contributed by atoms with Gasteiger partial charge in [0.25, 0.3) is 0 Å². The SMILES string of the molecule is CN(C(=O)C1(C)CCNCC1)C1CCSC1. The van der Waals surface area contributed by atoms with Crippen LogP contribution in [0.2, 0.25) is 0 Å². The van der Waals surface area contributed by atoms with Gasteiger partial charge in [-0.2, -0.15) is 11.8 Å². The summed E-state index contributed by atoms with van der Waals surface area (Å²) in [6.45, 7) is 4.10. The zero-order valence-electron chi connectivity index (χ0n) is 10.3. The van der Waals surface area contributed by atoms with Crippen LogP contribution in [0.1, 0.15) is 26.2 Å². The molecular weight excluding hydrogens is 220 g/mol. The molecule has 0 aromatic rings. The fraction of sp³-hybridized carbons (Fsp3) is 0.917. The minimum absolute atomic E-state index is 0.118. The third-order valence-electron chi connectivity index (χ3n) is 4.00. The molecule has 2 aliphatic heterocycles. The predicted octanol–water partition coefficient (Wildman–Crippen LogP) is 1.34. The highest BCUT2D eigenvalue weighted by Crippen LogP contribution is 2.32. The Morgan fingerprint density at radius 3 is 2.69 bits per heavy atom. The lowest BCUT2D eigenvalue weighted by atomic mass is 9.79. The van der Waals surface area contributed by atoms with E-state index in [1.165, 1.54) is 12.2 Å². The summed E-state index contributed by atoms with van der Waals surface area (Å²) in [5.41, 5.74) is -0.118. The Kier molecular flexibility index (Phi) is 3.80. The second kappa shape index (κ2) is 4.96. The van der Waals surface area contributed by atoms with E-state index >= 15 is 0 Å². The summed E-state index contributed by atoms with van der Waals surface area (Å²) < 4.78 is 0. The summed E-state index contributed by atoms with van der Waals surface area (Å²) in [6.07, 6.45) is 3.13. The molecule has 0 aromatic heterocycles. The highest BCUT2D eigenvalue weighted by Gasteiger charge is 2.38. The van der Waals surface area contributed by atoms with Crippen molar-refractivity contribution in [2.75, 3.05) is 31.6 Å². The van der Waals surface area contributed by atoms with Crippen LogP contribution in [0, 0.1) is 5.41 Å². The lowest BCUT2D eigenvalue weighted by molar-refractivity contribution is -0.143. The molecule has 16 heavy (non-hydrogen) atoms. The summed E-state index contributed by atoms with van der Waals surface area (Å²) in [6, 6.07) is 0.476. The normalized spacial score (nSPS) is 29.0. The summed E-state index contributed by atoms with van der Waals surface area (Å²) in [4.78, 5) is 14.5. The molecule has 4 heteroatoms. The lowest BCUT2D eigenvalue weighted by Gasteiger charge is -2.38. The zero-order valence-corrected chi connectivity index (χ0v) is 11.1. The first-order valence-electron chi connectivity index (χ1n) is 6.19. The molecule has 1 amide bonds. The number of nitrogens with zero attached hydrogens (tertiary/aromatic N) is 1. The van der Waals surface area contributed by atoms with Gasteiger partial charge >= 0.3 is 0 Å². The van der Waals surface area contributed by atoms with Crippen LogP contribution in [0.4, 0.5) is 0 Å². The molecule has 1 unspecified atom stereocenters. The van der Waals surface area contributed by atoms with Crippen LogP contribution < -0.4 is 5.32 Å². The van der Waals surface area contributed by atoms with Crippen molar-refractivity contribution in [2.24, 2.45) is 5.41 Å². The maximum atomic E-state index is 12.5. The fourth-order valence-electron chi connectivity index (χ4n) is 2.61. The first-order valence-corrected chi connectivity index (χ1v) is 7.35. The highest BCUT2D eigenvalue weighted by molar-refractivity contribution is 7.99. The molecule has 0 saturated carbocycles. The zero-order chi connectivity index (χ0) is 11.6. The molecule has 2 saturated heterocycles. The van der Waals surface area contributed by atoms with Gasteiger partial charge in [-0.05, 0) is 38.1 Å². The van der Waals surface area contributed by atoms with Gasteiger partial charge in [-0.25, -0.2) is 0 Å². The van der Waals surface area contributed by atoms with Crippen molar-refractivity contribution in [1.82, 2.24) is 10.2 Å². The van der Waals surface area contributed by atoms with Gasteiger partial charge in [0, 0.05) is 24.3 Å². The van der Waals surface area contributed by atoms with Crippen molar-refractivity contribution in [3.8, 4) is 0 Å². The predicted molar refractivity (Wildman–Crippen MR) is 68.7 cm³/mol. The molecule has 0 radical (unpaired) electrons. The number of carbonyl (C=O) groups excluding carboxylic acids is 1. The van der Waals surface area contributed by atoms with Gasteiger partial charge < -0.3 is 10.2 Å². The fourth-order valence-corrected chi connectivity index (χ4v) is 3.88. The van der Waals surface area contributed by atoms with Crippen molar-refractivity contribution in [2.45, 2.75) is 32.2 Å². The Balaban J connectivity index is 1.99. The topological polar surface area (TPSA) is 32.3 Å². The monoisotopic (exact) mass is 242 g/mol. The molecule has 3 nitrogen and oxygen atoms in total. The standard InChI is InChI=1S/C12H22N2OS/c1-12(4-6-13-7-5-12)11(15)14(2)10-3-8-16-9-10/h10,13H,3-9H2,1-2H3. The average molecular weight is 242 g/mol. The van der Waals surface area contributed by atoms with E-state index in [1.807, 2.05) is 23.7 Å². The molecule has 1 N–H and O–H groups in total. The molecule has 0 bridgehead atoms. The van der Waals surface area contributed by atoms with E-state index in [0.29, 0.717) is 11.9 Å². The molecular formula is C12H22N2OS. The van der Waals surface area contributed by atoms with E-state index in [0.717, 1.165) is 31.7 Å². The molecule has 2 aliphatic rings. The van der Waals surface area contributed by atoms with E-state index in [4.69, 9.17) is 0 Å². The molecule has 0 spiro atoms. The lowest BCUT2D eigenvalue weighted by Crippen LogP contribution is -2.49. The Morgan fingerprint density at radius 1 is 1.44 bits per heavy atom. The Labute approximate surface area is 102 Å². The summed E-state index contributed by atoms with van der Waals surface area (Å²) in [5, 5.41) is 3.33. The van der Waals surface area contributed by atoms with E-state index in [-0.39, 0.29) is 5.41 Å². The maximum absolute atomic E-state index is 12.5. The number of hydrogen-bond acceptors (Lipinski definition) is 3. The minimum Gasteiger partial charge on any atom is -0.341 e. The number of thioether (sulfide) groups is 1. The number of nitrogens with one attached hydrogen (secondary N) is 1. The van der Waals surface area contributed by atoms with Crippen molar-refractivity contribution >= 4 is 17.7 Å². The van der Waals surface area contributed by atoms with Gasteiger partial charge in [0.2, 0.25) is 5.91 Å². The highest BCUT2D eigenvalue weighted by atomic mass is 32.2. The molecule has 92 valence electrons. The van der Waals surface area contributed by atoms with Crippen LogP contribution >= 0.6 is 11.8 Å². The van der Waals surface area contributed by atoms with Crippen molar-refractivity contribution < 1.29 is 4.79 Å². The van der Waals surface area contributed by atoms with E-state index in [2.05, 4.69) is 12.2 Å². The third kappa shape index (κ3) is 2.38. The van der Waals surface area contributed by atoms with Crippen LogP contribution in [0.25, 0.3) is 0 Å². The summed E-state index contributed by atoms with van der Waals surface area (Å²) >= 11 is 1.97. The molecule has 2 heterocycles. The number of rotatable bonds is 2. The number of piperidine rings is 1. The number of hydrogen-bond donors (Lipinski definition) is 1. The first kappa shape index (κ1) is 12.2. The maximum Gasteiger partial charge on any atom is 0.228 e. The van der Waals surface area contributed by atoms with Gasteiger partial charge in [-0.1, -0.05) is 6.92 Å². The average Bonchev–Trinajstić information content (AvgIpc) is 2.81. The van der Waals surface area contributed by atoms with Gasteiger partial charge in [0.15, 0.2) is 0 Å². The van der Waals surface area contributed by atoms with Crippen molar-refractivity contribution in [1.29, 1.82) is 0 Å². The minimum atomic E-state index is -0.118. The summed E-state index contributed by atoms with van der Waals surface area (Å²) in [7, 11) is 1.99. The summed E-state index contributed by atoms with van der Waals surface area (Å²) in [5.74, 6) is 2.69.